The molecule has 1 atom stereocenters. The van der Waals surface area contributed by atoms with Gasteiger partial charge in [0.15, 0.2) is 0 Å². The van der Waals surface area contributed by atoms with Gasteiger partial charge in [0.25, 0.3) is 0 Å². The van der Waals surface area contributed by atoms with Gasteiger partial charge in [0.1, 0.15) is 30.1 Å². The standard InChI is InChI=1S/C22H27FN4O3/c1-14(2)10-22(3,25)13-30-19-7-6-15(8-16(19)11-24)17-9-20(26-12-18(17)23)27(4)21(28)29-5/h6-9,12,14H,10,13,25H2,1-5H3/t22-/m0/s1. The molecular weight excluding hydrogens is 387 g/mol. The Labute approximate surface area is 176 Å². The summed E-state index contributed by atoms with van der Waals surface area (Å²) in [6, 6.07) is 8.29. The minimum atomic E-state index is -0.632. The first-order valence-corrected chi connectivity index (χ1v) is 9.51. The van der Waals surface area contributed by atoms with Crippen LogP contribution in [0.25, 0.3) is 11.1 Å². The van der Waals surface area contributed by atoms with Crippen LogP contribution in [-0.4, -0.2) is 37.4 Å². The number of rotatable bonds is 7. The van der Waals surface area contributed by atoms with Gasteiger partial charge in [-0.25, -0.2) is 14.2 Å². The van der Waals surface area contributed by atoms with Crippen molar-refractivity contribution in [1.82, 2.24) is 4.98 Å². The van der Waals surface area contributed by atoms with E-state index in [2.05, 4.69) is 29.6 Å². The average Bonchev–Trinajstić information content (AvgIpc) is 2.70. The summed E-state index contributed by atoms with van der Waals surface area (Å²) in [4.78, 5) is 16.8. The highest BCUT2D eigenvalue weighted by Gasteiger charge is 2.22. The predicted molar refractivity (Wildman–Crippen MR) is 113 cm³/mol. The lowest BCUT2D eigenvalue weighted by atomic mass is 9.93. The van der Waals surface area contributed by atoms with Crippen LogP contribution in [0.4, 0.5) is 15.0 Å². The number of halogens is 1. The number of anilines is 1. The fourth-order valence-electron chi connectivity index (χ4n) is 3.21. The van der Waals surface area contributed by atoms with Gasteiger partial charge in [-0.05, 0) is 43.0 Å². The lowest BCUT2D eigenvalue weighted by Crippen LogP contribution is -2.43. The van der Waals surface area contributed by atoms with Crippen LogP contribution in [0.15, 0.2) is 30.5 Å². The first-order chi connectivity index (χ1) is 14.1. The van der Waals surface area contributed by atoms with Gasteiger partial charge in [-0.3, -0.25) is 4.90 Å². The number of aromatic nitrogens is 1. The highest BCUT2D eigenvalue weighted by atomic mass is 19.1. The summed E-state index contributed by atoms with van der Waals surface area (Å²) in [7, 11) is 2.71. The summed E-state index contributed by atoms with van der Waals surface area (Å²) in [6.07, 6.45) is 1.16. The molecular formula is C22H27FN4O3. The van der Waals surface area contributed by atoms with Crippen molar-refractivity contribution in [1.29, 1.82) is 5.26 Å². The van der Waals surface area contributed by atoms with Crippen molar-refractivity contribution in [3.05, 3.63) is 41.8 Å². The second kappa shape index (κ2) is 9.55. The van der Waals surface area contributed by atoms with Gasteiger partial charge < -0.3 is 15.2 Å². The number of ether oxygens (including phenoxy) is 2. The second-order valence-electron chi connectivity index (χ2n) is 7.91. The molecule has 0 aliphatic carbocycles. The molecule has 0 spiro atoms. The zero-order chi connectivity index (χ0) is 22.5. The molecule has 0 saturated carbocycles. The number of methoxy groups -OCH3 is 1. The number of nitrogens with zero attached hydrogens (tertiary/aromatic N) is 3. The molecule has 8 heteroatoms. The molecule has 1 aromatic carbocycles. The maximum absolute atomic E-state index is 14.4. The largest absolute Gasteiger partial charge is 0.490 e. The number of carbonyl (C=O) groups excluding carboxylic acids is 1. The third kappa shape index (κ3) is 5.67. The SMILES string of the molecule is COC(=O)N(C)c1cc(-c2ccc(OC[C@@](C)(N)CC(C)C)c(C#N)c2)c(F)cn1. The maximum atomic E-state index is 14.4. The molecule has 1 aromatic heterocycles. The van der Waals surface area contributed by atoms with Gasteiger partial charge in [-0.15, -0.1) is 0 Å². The zero-order valence-electron chi connectivity index (χ0n) is 17.9. The molecule has 30 heavy (non-hydrogen) atoms. The molecule has 2 rings (SSSR count). The lowest BCUT2D eigenvalue weighted by molar-refractivity contribution is 0.180. The van der Waals surface area contributed by atoms with Crippen LogP contribution in [0.5, 0.6) is 5.75 Å². The Morgan fingerprint density at radius 3 is 2.70 bits per heavy atom. The summed E-state index contributed by atoms with van der Waals surface area (Å²) in [6.45, 7) is 6.31. The number of pyridine rings is 1. The van der Waals surface area contributed by atoms with Crippen molar-refractivity contribution in [3.8, 4) is 22.9 Å². The Morgan fingerprint density at radius 1 is 1.40 bits per heavy atom. The predicted octanol–water partition coefficient (Wildman–Crippen LogP) is 4.10. The zero-order valence-corrected chi connectivity index (χ0v) is 17.9. The number of amides is 1. The summed E-state index contributed by atoms with van der Waals surface area (Å²) in [5.41, 5.74) is 6.64. The Bertz CT molecular complexity index is 954. The minimum absolute atomic E-state index is 0.197. The van der Waals surface area contributed by atoms with E-state index in [1.165, 1.54) is 26.3 Å². The smallest absolute Gasteiger partial charge is 0.414 e. The monoisotopic (exact) mass is 414 g/mol. The summed E-state index contributed by atoms with van der Waals surface area (Å²) in [5, 5.41) is 9.54. The first kappa shape index (κ1) is 23.1. The molecule has 2 aromatic rings. The summed E-state index contributed by atoms with van der Waals surface area (Å²) in [5.74, 6) is 0.419. The van der Waals surface area contributed by atoms with Crippen LogP contribution in [0.3, 0.4) is 0 Å². The molecule has 2 N–H and O–H groups in total. The molecule has 0 saturated heterocycles. The van der Waals surface area contributed by atoms with E-state index in [0.717, 1.165) is 17.5 Å². The maximum Gasteiger partial charge on any atom is 0.414 e. The number of nitriles is 1. The Kier molecular flexibility index (Phi) is 7.35. The fourth-order valence-corrected chi connectivity index (χ4v) is 3.21. The Hall–Kier alpha value is -3.18. The van der Waals surface area contributed by atoms with Gasteiger partial charge >= 0.3 is 6.09 Å². The van der Waals surface area contributed by atoms with Gasteiger partial charge in [0.05, 0.1) is 18.9 Å². The van der Waals surface area contributed by atoms with Crippen LogP contribution >= 0.6 is 0 Å². The van der Waals surface area contributed by atoms with E-state index in [1.807, 2.05) is 6.92 Å². The third-order valence-corrected chi connectivity index (χ3v) is 4.48. The molecule has 7 nitrogen and oxygen atoms in total. The van der Waals surface area contributed by atoms with E-state index < -0.39 is 17.4 Å². The highest BCUT2D eigenvalue weighted by molar-refractivity contribution is 5.86. The van der Waals surface area contributed by atoms with Crippen LogP contribution in [-0.2, 0) is 4.74 Å². The molecule has 0 aliphatic rings. The van der Waals surface area contributed by atoms with Crippen LogP contribution in [0, 0.1) is 23.1 Å². The highest BCUT2D eigenvalue weighted by Crippen LogP contribution is 2.30. The van der Waals surface area contributed by atoms with Crippen molar-refractivity contribution in [2.75, 3.05) is 25.7 Å². The first-order valence-electron chi connectivity index (χ1n) is 9.51. The van der Waals surface area contributed by atoms with Crippen molar-refractivity contribution < 1.29 is 18.7 Å². The topological polar surface area (TPSA) is 101 Å². The second-order valence-corrected chi connectivity index (χ2v) is 7.91. The molecule has 1 amide bonds. The van der Waals surface area contributed by atoms with Crippen molar-refractivity contribution in [2.45, 2.75) is 32.7 Å². The van der Waals surface area contributed by atoms with Gasteiger partial charge in [-0.2, -0.15) is 5.26 Å². The molecule has 0 fully saturated rings. The van der Waals surface area contributed by atoms with E-state index in [0.29, 0.717) is 17.2 Å². The van der Waals surface area contributed by atoms with E-state index in [-0.39, 0.29) is 23.6 Å². The molecule has 1 heterocycles. The fraction of sp³-hybridized carbons (Fsp3) is 0.409. The van der Waals surface area contributed by atoms with Gasteiger partial charge in [0, 0.05) is 18.2 Å². The molecule has 0 bridgehead atoms. The Balaban J connectivity index is 2.32. The third-order valence-electron chi connectivity index (χ3n) is 4.48. The summed E-state index contributed by atoms with van der Waals surface area (Å²) >= 11 is 0. The van der Waals surface area contributed by atoms with E-state index in [1.54, 1.807) is 12.1 Å². The number of hydrogen-bond donors (Lipinski definition) is 1. The molecule has 0 unspecified atom stereocenters. The van der Waals surface area contributed by atoms with Crippen LogP contribution in [0.2, 0.25) is 0 Å². The quantitative estimate of drug-likeness (QED) is 0.732. The van der Waals surface area contributed by atoms with Gasteiger partial charge in [-0.1, -0.05) is 19.9 Å². The average molecular weight is 414 g/mol. The van der Waals surface area contributed by atoms with E-state index >= 15 is 0 Å². The van der Waals surface area contributed by atoms with Crippen LogP contribution < -0.4 is 15.4 Å². The number of benzene rings is 1. The molecule has 0 radical (unpaired) electrons. The van der Waals surface area contributed by atoms with Crippen molar-refractivity contribution >= 4 is 11.9 Å². The number of hydrogen-bond acceptors (Lipinski definition) is 6. The molecule has 160 valence electrons. The van der Waals surface area contributed by atoms with Gasteiger partial charge in [0.2, 0.25) is 0 Å². The van der Waals surface area contributed by atoms with E-state index in [9.17, 15) is 14.4 Å². The summed E-state index contributed by atoms with van der Waals surface area (Å²) < 4.78 is 24.9. The normalized spacial score (nSPS) is 12.8. The number of carbonyl (C=O) groups is 1. The van der Waals surface area contributed by atoms with Crippen LogP contribution in [0.1, 0.15) is 32.8 Å². The number of nitrogens with two attached hydrogens (primary N) is 1. The Morgan fingerprint density at radius 2 is 2.10 bits per heavy atom. The molecule has 0 aliphatic heterocycles. The minimum Gasteiger partial charge on any atom is -0.490 e. The van der Waals surface area contributed by atoms with E-state index in [4.69, 9.17) is 10.5 Å². The van der Waals surface area contributed by atoms with Crippen molar-refractivity contribution in [2.24, 2.45) is 11.7 Å². The van der Waals surface area contributed by atoms with Crippen molar-refractivity contribution in [3.63, 3.8) is 0 Å². The lowest BCUT2D eigenvalue weighted by Gasteiger charge is -2.26.